The first-order chi connectivity index (χ1) is 13.7. The van der Waals surface area contributed by atoms with Crippen LogP contribution in [0.15, 0.2) is 18.2 Å². The number of rotatable bonds is 9. The van der Waals surface area contributed by atoms with Gasteiger partial charge in [-0.1, -0.05) is 0 Å². The number of nitrogens with zero attached hydrogens (tertiary/aromatic N) is 1. The highest BCUT2D eigenvalue weighted by Crippen LogP contribution is 2.28. The molecule has 0 aliphatic carbocycles. The van der Waals surface area contributed by atoms with Gasteiger partial charge in [0.1, 0.15) is 0 Å². The van der Waals surface area contributed by atoms with Crippen molar-refractivity contribution in [2.75, 3.05) is 38.4 Å². The summed E-state index contributed by atoms with van der Waals surface area (Å²) in [6, 6.07) is 4.16. The van der Waals surface area contributed by atoms with Crippen LogP contribution >= 0.6 is 0 Å². The molecule has 1 aromatic rings. The average Bonchev–Trinajstić information content (AvgIpc) is 3.04. The standard InChI is InChI=1S/C19H25NO8S/c1-4-20(15-7-8-29(24,25)12-15)18(22)10-28-19(23)11-27-16-6-5-14(13(2)21)9-17(16)26-3/h5-6,9,15H,4,7-8,10-12H2,1-3H3. The first kappa shape index (κ1) is 22.7. The number of sulfone groups is 1. The normalized spacial score (nSPS) is 17.4. The minimum Gasteiger partial charge on any atom is -0.493 e. The lowest BCUT2D eigenvalue weighted by molar-refractivity contribution is -0.154. The van der Waals surface area contributed by atoms with Crippen molar-refractivity contribution in [1.82, 2.24) is 4.90 Å². The van der Waals surface area contributed by atoms with Crippen molar-refractivity contribution in [2.24, 2.45) is 0 Å². The quantitative estimate of drug-likeness (QED) is 0.421. The summed E-state index contributed by atoms with van der Waals surface area (Å²) in [7, 11) is -1.72. The van der Waals surface area contributed by atoms with Crippen LogP contribution in [0.2, 0.25) is 0 Å². The molecule has 1 aliphatic heterocycles. The number of amides is 1. The molecule has 2 rings (SSSR count). The smallest absolute Gasteiger partial charge is 0.344 e. The molecular weight excluding hydrogens is 402 g/mol. The van der Waals surface area contributed by atoms with E-state index < -0.39 is 41.0 Å². The predicted octanol–water partition coefficient (Wildman–Crippen LogP) is 0.855. The van der Waals surface area contributed by atoms with Crippen LogP contribution < -0.4 is 9.47 Å². The SMILES string of the molecule is CCN(C(=O)COC(=O)COc1ccc(C(C)=O)cc1OC)C1CCS(=O)(=O)C1. The van der Waals surface area contributed by atoms with Crippen molar-refractivity contribution >= 4 is 27.5 Å². The molecule has 1 aliphatic rings. The number of ether oxygens (including phenoxy) is 3. The number of methoxy groups -OCH3 is 1. The first-order valence-corrected chi connectivity index (χ1v) is 11.0. The summed E-state index contributed by atoms with van der Waals surface area (Å²) in [5, 5.41) is 0. The van der Waals surface area contributed by atoms with Gasteiger partial charge in [-0.25, -0.2) is 13.2 Å². The van der Waals surface area contributed by atoms with E-state index >= 15 is 0 Å². The van der Waals surface area contributed by atoms with Crippen molar-refractivity contribution in [3.05, 3.63) is 23.8 Å². The van der Waals surface area contributed by atoms with Crippen molar-refractivity contribution < 1.29 is 37.0 Å². The number of benzene rings is 1. The second kappa shape index (κ2) is 9.73. The van der Waals surface area contributed by atoms with E-state index in [-0.39, 0.29) is 23.0 Å². The fourth-order valence-electron chi connectivity index (χ4n) is 3.07. The van der Waals surface area contributed by atoms with Crippen LogP contribution in [0.5, 0.6) is 11.5 Å². The fraction of sp³-hybridized carbons (Fsp3) is 0.526. The number of esters is 1. The van der Waals surface area contributed by atoms with E-state index in [0.717, 1.165) is 0 Å². The number of ketones is 1. The van der Waals surface area contributed by atoms with Gasteiger partial charge in [-0.2, -0.15) is 0 Å². The van der Waals surface area contributed by atoms with Crippen LogP contribution in [-0.2, 0) is 24.2 Å². The van der Waals surface area contributed by atoms with Gasteiger partial charge in [0.05, 0.1) is 18.6 Å². The molecule has 1 unspecified atom stereocenters. The molecule has 0 saturated carbocycles. The summed E-state index contributed by atoms with van der Waals surface area (Å²) in [6.07, 6.45) is 0.384. The van der Waals surface area contributed by atoms with Gasteiger partial charge >= 0.3 is 5.97 Å². The maximum Gasteiger partial charge on any atom is 0.344 e. The summed E-state index contributed by atoms with van der Waals surface area (Å²) in [5.74, 6) is -0.812. The van der Waals surface area contributed by atoms with Crippen LogP contribution in [0, 0.1) is 0 Å². The Bertz CT molecular complexity index is 880. The van der Waals surface area contributed by atoms with Crippen molar-refractivity contribution in [3.8, 4) is 11.5 Å². The van der Waals surface area contributed by atoms with Gasteiger partial charge in [-0.15, -0.1) is 0 Å². The van der Waals surface area contributed by atoms with Gasteiger partial charge in [0.25, 0.3) is 5.91 Å². The van der Waals surface area contributed by atoms with E-state index in [2.05, 4.69) is 0 Å². The van der Waals surface area contributed by atoms with E-state index in [9.17, 15) is 22.8 Å². The molecular formula is C19H25NO8S. The fourth-order valence-corrected chi connectivity index (χ4v) is 4.80. The van der Waals surface area contributed by atoms with E-state index in [1.54, 1.807) is 13.0 Å². The maximum atomic E-state index is 12.3. The lowest BCUT2D eigenvalue weighted by Gasteiger charge is -2.26. The summed E-state index contributed by atoms with van der Waals surface area (Å²) >= 11 is 0. The van der Waals surface area contributed by atoms with Crippen LogP contribution in [0.3, 0.4) is 0 Å². The molecule has 1 amide bonds. The van der Waals surface area contributed by atoms with E-state index in [1.165, 1.54) is 31.1 Å². The Morgan fingerprint density at radius 1 is 1.17 bits per heavy atom. The number of Topliss-reactive ketones (excluding diaryl/α,β-unsaturated/α-hetero) is 1. The second-order valence-corrected chi connectivity index (χ2v) is 8.84. The molecule has 1 heterocycles. The van der Waals surface area contributed by atoms with E-state index in [1.807, 2.05) is 0 Å². The number of hydrogen-bond acceptors (Lipinski definition) is 8. The van der Waals surface area contributed by atoms with Gasteiger partial charge in [0, 0.05) is 18.2 Å². The zero-order valence-electron chi connectivity index (χ0n) is 16.7. The van der Waals surface area contributed by atoms with Crippen molar-refractivity contribution in [3.63, 3.8) is 0 Å². The third kappa shape index (κ3) is 6.18. The Hall–Kier alpha value is -2.62. The lowest BCUT2D eigenvalue weighted by atomic mass is 10.1. The summed E-state index contributed by atoms with van der Waals surface area (Å²) in [4.78, 5) is 37.1. The van der Waals surface area contributed by atoms with Gasteiger partial charge in [-0.3, -0.25) is 9.59 Å². The van der Waals surface area contributed by atoms with E-state index in [0.29, 0.717) is 24.3 Å². The molecule has 0 spiro atoms. The highest BCUT2D eigenvalue weighted by molar-refractivity contribution is 7.91. The number of likely N-dealkylation sites (N-methyl/N-ethyl adjacent to an activating group) is 1. The average molecular weight is 427 g/mol. The topological polar surface area (TPSA) is 116 Å². The zero-order chi connectivity index (χ0) is 21.6. The van der Waals surface area contributed by atoms with Crippen LogP contribution in [0.4, 0.5) is 0 Å². The third-order valence-corrected chi connectivity index (χ3v) is 6.33. The Morgan fingerprint density at radius 3 is 2.45 bits per heavy atom. The Morgan fingerprint density at radius 2 is 1.90 bits per heavy atom. The molecule has 0 bridgehead atoms. The Labute approximate surface area is 169 Å². The van der Waals surface area contributed by atoms with Gasteiger partial charge < -0.3 is 19.1 Å². The number of carbonyl (C=O) groups is 3. The molecule has 0 aromatic heterocycles. The van der Waals surface area contributed by atoms with Gasteiger partial charge in [-0.05, 0) is 38.5 Å². The maximum absolute atomic E-state index is 12.3. The molecule has 1 atom stereocenters. The van der Waals surface area contributed by atoms with Gasteiger partial charge in [0.15, 0.2) is 40.3 Å². The van der Waals surface area contributed by atoms with Crippen molar-refractivity contribution in [2.45, 2.75) is 26.3 Å². The minimum absolute atomic E-state index is 0.0549. The van der Waals surface area contributed by atoms with Crippen LogP contribution in [0.25, 0.3) is 0 Å². The highest BCUT2D eigenvalue weighted by atomic mass is 32.2. The first-order valence-electron chi connectivity index (χ1n) is 9.14. The highest BCUT2D eigenvalue weighted by Gasteiger charge is 2.34. The molecule has 29 heavy (non-hydrogen) atoms. The lowest BCUT2D eigenvalue weighted by Crippen LogP contribution is -2.43. The third-order valence-electron chi connectivity index (χ3n) is 4.58. The van der Waals surface area contributed by atoms with E-state index in [4.69, 9.17) is 14.2 Å². The molecule has 160 valence electrons. The molecule has 1 fully saturated rings. The molecule has 10 heteroatoms. The molecule has 0 radical (unpaired) electrons. The molecule has 0 N–H and O–H groups in total. The molecule has 1 saturated heterocycles. The largest absolute Gasteiger partial charge is 0.493 e. The van der Waals surface area contributed by atoms with Gasteiger partial charge in [0.2, 0.25) is 0 Å². The predicted molar refractivity (Wildman–Crippen MR) is 104 cm³/mol. The Kier molecular flexibility index (Phi) is 7.60. The van der Waals surface area contributed by atoms with Crippen LogP contribution in [0.1, 0.15) is 30.6 Å². The number of carbonyl (C=O) groups excluding carboxylic acids is 3. The zero-order valence-corrected chi connectivity index (χ0v) is 17.5. The summed E-state index contributed by atoms with van der Waals surface area (Å²) in [5.41, 5.74) is 0.441. The summed E-state index contributed by atoms with van der Waals surface area (Å²) < 4.78 is 38.7. The minimum atomic E-state index is -3.12. The summed E-state index contributed by atoms with van der Waals surface area (Å²) in [6.45, 7) is 2.54. The van der Waals surface area contributed by atoms with Crippen molar-refractivity contribution in [1.29, 1.82) is 0 Å². The Balaban J connectivity index is 1.86. The molecule has 9 nitrogen and oxygen atoms in total. The number of hydrogen-bond donors (Lipinski definition) is 0. The second-order valence-electron chi connectivity index (χ2n) is 6.61. The monoisotopic (exact) mass is 427 g/mol. The van der Waals surface area contributed by atoms with Crippen LogP contribution in [-0.4, -0.2) is 75.4 Å². The molecule has 1 aromatic carbocycles.